The van der Waals surface area contributed by atoms with Crippen LogP contribution in [0, 0.1) is 23.0 Å². The molecule has 0 aliphatic carbocycles. The molecule has 0 amide bonds. The van der Waals surface area contributed by atoms with Crippen molar-refractivity contribution in [1.29, 1.82) is 5.26 Å². The molecule has 4 nitrogen and oxygen atoms in total. The smallest absolute Gasteiger partial charge is 0.141 e. The molecule has 0 unspecified atom stereocenters. The van der Waals surface area contributed by atoms with Crippen LogP contribution >= 0.6 is 11.6 Å². The van der Waals surface area contributed by atoms with Crippen molar-refractivity contribution in [1.82, 2.24) is 4.98 Å². The number of aromatic nitrogens is 1. The maximum atomic E-state index is 13.5. The average Bonchev–Trinajstić information content (AvgIpc) is 2.76. The molecule has 0 aliphatic heterocycles. The summed E-state index contributed by atoms with van der Waals surface area (Å²) in [6.07, 6.45) is 1.49. The number of fused-ring (bicyclic) bond motifs is 1. The molecule has 0 aliphatic rings. The fourth-order valence-electron chi connectivity index (χ4n) is 3.05. The lowest BCUT2D eigenvalue weighted by Gasteiger charge is -2.14. The minimum absolute atomic E-state index is 0.0153. The second-order valence-corrected chi connectivity index (χ2v) is 7.03. The highest BCUT2D eigenvalue weighted by Gasteiger charge is 2.11. The van der Waals surface area contributed by atoms with E-state index < -0.39 is 5.82 Å². The molecule has 0 atom stereocenters. The summed E-state index contributed by atoms with van der Waals surface area (Å²) in [7, 11) is 0. The standard InChI is InChI=1S/C23H15ClF2N4/c24-20-10-18(5-7-21(20)26)30-23-15(11-27)13-29-22-8-6-17(9-19(22)23)28-12-14-1-3-16(25)4-2-14/h1-10,13,28H,12H2,(H,29,30). The van der Waals surface area contributed by atoms with E-state index in [0.29, 0.717) is 29.0 Å². The number of hydrogen-bond donors (Lipinski definition) is 2. The molecule has 0 bridgehead atoms. The van der Waals surface area contributed by atoms with Crippen molar-refractivity contribution in [2.45, 2.75) is 6.54 Å². The minimum atomic E-state index is -0.519. The van der Waals surface area contributed by atoms with Crippen LogP contribution in [0.15, 0.2) is 66.9 Å². The number of nitrogens with zero attached hydrogens (tertiary/aromatic N) is 2. The van der Waals surface area contributed by atoms with E-state index in [-0.39, 0.29) is 10.8 Å². The summed E-state index contributed by atoms with van der Waals surface area (Å²) in [5.41, 5.74) is 3.88. The van der Waals surface area contributed by atoms with Crippen LogP contribution in [0.5, 0.6) is 0 Å². The molecule has 1 aromatic heterocycles. The highest BCUT2D eigenvalue weighted by Crippen LogP contribution is 2.32. The number of halogens is 3. The second kappa shape index (κ2) is 8.36. The topological polar surface area (TPSA) is 60.7 Å². The molecular weight excluding hydrogens is 406 g/mol. The van der Waals surface area contributed by atoms with Crippen molar-refractivity contribution < 1.29 is 8.78 Å². The monoisotopic (exact) mass is 420 g/mol. The van der Waals surface area contributed by atoms with Gasteiger partial charge < -0.3 is 10.6 Å². The summed E-state index contributed by atoms with van der Waals surface area (Å²) >= 11 is 5.88. The van der Waals surface area contributed by atoms with Gasteiger partial charge in [-0.15, -0.1) is 0 Å². The summed E-state index contributed by atoms with van der Waals surface area (Å²) in [5, 5.41) is 16.7. The van der Waals surface area contributed by atoms with Crippen molar-refractivity contribution in [2.75, 3.05) is 10.6 Å². The van der Waals surface area contributed by atoms with Gasteiger partial charge in [0.15, 0.2) is 0 Å². The zero-order valence-electron chi connectivity index (χ0n) is 15.6. The van der Waals surface area contributed by atoms with Crippen LogP contribution in [0.4, 0.5) is 25.8 Å². The van der Waals surface area contributed by atoms with Gasteiger partial charge in [0.25, 0.3) is 0 Å². The van der Waals surface area contributed by atoms with Crippen LogP contribution in [-0.4, -0.2) is 4.98 Å². The molecule has 1 heterocycles. The van der Waals surface area contributed by atoms with Gasteiger partial charge in [-0.05, 0) is 54.1 Å². The van der Waals surface area contributed by atoms with Gasteiger partial charge in [-0.25, -0.2) is 8.78 Å². The number of nitriles is 1. The molecule has 0 saturated heterocycles. The number of pyridine rings is 1. The Kier molecular flexibility index (Phi) is 5.46. The third kappa shape index (κ3) is 4.17. The van der Waals surface area contributed by atoms with Crippen molar-refractivity contribution >= 4 is 39.6 Å². The van der Waals surface area contributed by atoms with E-state index in [1.165, 1.54) is 30.5 Å². The van der Waals surface area contributed by atoms with Crippen LogP contribution in [0.3, 0.4) is 0 Å². The summed E-state index contributed by atoms with van der Waals surface area (Å²) in [6.45, 7) is 0.507. The number of anilines is 3. The zero-order chi connectivity index (χ0) is 21.1. The van der Waals surface area contributed by atoms with Gasteiger partial charge in [-0.3, -0.25) is 4.98 Å². The number of rotatable bonds is 5. The molecule has 3 aromatic carbocycles. The lowest BCUT2D eigenvalue weighted by Crippen LogP contribution is -2.01. The van der Waals surface area contributed by atoms with Crippen molar-refractivity contribution in [2.24, 2.45) is 0 Å². The Balaban J connectivity index is 1.68. The van der Waals surface area contributed by atoms with E-state index in [4.69, 9.17) is 11.6 Å². The predicted octanol–water partition coefficient (Wildman–Crippen LogP) is 6.39. The van der Waals surface area contributed by atoms with Crippen LogP contribution in [0.1, 0.15) is 11.1 Å². The van der Waals surface area contributed by atoms with Gasteiger partial charge in [0.1, 0.15) is 17.7 Å². The van der Waals surface area contributed by atoms with Crippen LogP contribution in [0.25, 0.3) is 10.9 Å². The third-order valence-electron chi connectivity index (χ3n) is 4.59. The fourth-order valence-corrected chi connectivity index (χ4v) is 3.23. The first-order valence-corrected chi connectivity index (χ1v) is 9.44. The third-order valence-corrected chi connectivity index (χ3v) is 4.88. The molecule has 7 heteroatoms. The predicted molar refractivity (Wildman–Crippen MR) is 115 cm³/mol. The molecule has 4 aromatic rings. The van der Waals surface area contributed by atoms with E-state index in [0.717, 1.165) is 16.6 Å². The van der Waals surface area contributed by atoms with E-state index in [9.17, 15) is 14.0 Å². The van der Waals surface area contributed by atoms with E-state index in [1.54, 1.807) is 18.2 Å². The molecule has 30 heavy (non-hydrogen) atoms. The molecule has 0 fully saturated rings. The van der Waals surface area contributed by atoms with Gasteiger partial charge in [0.2, 0.25) is 0 Å². The largest absolute Gasteiger partial charge is 0.381 e. The molecular formula is C23H15ClF2N4. The first kappa shape index (κ1) is 19.6. The summed E-state index contributed by atoms with van der Waals surface area (Å²) in [4.78, 5) is 4.34. The molecule has 0 spiro atoms. The zero-order valence-corrected chi connectivity index (χ0v) is 16.3. The SMILES string of the molecule is N#Cc1cnc2ccc(NCc3ccc(F)cc3)cc2c1Nc1ccc(F)c(Cl)c1. The van der Waals surface area contributed by atoms with Gasteiger partial charge in [0, 0.05) is 29.5 Å². The summed E-state index contributed by atoms with van der Waals surface area (Å²) in [5.74, 6) is -0.800. The highest BCUT2D eigenvalue weighted by atomic mass is 35.5. The average molecular weight is 421 g/mol. The Morgan fingerprint density at radius 3 is 2.47 bits per heavy atom. The fraction of sp³-hybridized carbons (Fsp3) is 0.0435. The summed E-state index contributed by atoms with van der Waals surface area (Å²) in [6, 6.07) is 18.2. The van der Waals surface area contributed by atoms with Crippen LogP contribution < -0.4 is 10.6 Å². The minimum Gasteiger partial charge on any atom is -0.381 e. The lowest BCUT2D eigenvalue weighted by molar-refractivity contribution is 0.627. The Labute approximate surface area is 176 Å². The quantitative estimate of drug-likeness (QED) is 0.392. The van der Waals surface area contributed by atoms with E-state index in [2.05, 4.69) is 21.7 Å². The first-order valence-electron chi connectivity index (χ1n) is 9.07. The van der Waals surface area contributed by atoms with E-state index in [1.807, 2.05) is 18.2 Å². The van der Waals surface area contributed by atoms with Gasteiger partial charge in [0.05, 0.1) is 21.8 Å². The molecule has 4 rings (SSSR count). The number of hydrogen-bond acceptors (Lipinski definition) is 4. The summed E-state index contributed by atoms with van der Waals surface area (Å²) < 4.78 is 26.6. The van der Waals surface area contributed by atoms with Gasteiger partial charge >= 0.3 is 0 Å². The van der Waals surface area contributed by atoms with Crippen molar-refractivity contribution in [3.8, 4) is 6.07 Å². The Bertz CT molecular complexity index is 1270. The van der Waals surface area contributed by atoms with Crippen molar-refractivity contribution in [3.05, 3.63) is 94.6 Å². The maximum Gasteiger partial charge on any atom is 0.141 e. The Hall–Kier alpha value is -3.69. The first-order chi connectivity index (χ1) is 14.5. The molecule has 0 radical (unpaired) electrons. The molecule has 2 N–H and O–H groups in total. The van der Waals surface area contributed by atoms with Gasteiger partial charge in [-0.2, -0.15) is 5.26 Å². The molecule has 0 saturated carbocycles. The number of benzene rings is 3. The van der Waals surface area contributed by atoms with Gasteiger partial charge in [-0.1, -0.05) is 23.7 Å². The normalized spacial score (nSPS) is 10.6. The van der Waals surface area contributed by atoms with E-state index >= 15 is 0 Å². The second-order valence-electron chi connectivity index (χ2n) is 6.62. The van der Waals surface area contributed by atoms with Crippen molar-refractivity contribution in [3.63, 3.8) is 0 Å². The lowest BCUT2D eigenvalue weighted by atomic mass is 10.1. The Morgan fingerprint density at radius 1 is 0.967 bits per heavy atom. The van der Waals surface area contributed by atoms with Crippen LogP contribution in [0.2, 0.25) is 5.02 Å². The van der Waals surface area contributed by atoms with Crippen LogP contribution in [-0.2, 0) is 6.54 Å². The highest BCUT2D eigenvalue weighted by molar-refractivity contribution is 6.31. The molecule has 148 valence electrons. The number of nitrogens with one attached hydrogen (secondary N) is 2. The Morgan fingerprint density at radius 2 is 1.73 bits per heavy atom. The maximum absolute atomic E-state index is 13.5.